The van der Waals surface area contributed by atoms with Crippen LogP contribution in [0.2, 0.25) is 0 Å². The standard InChI is InChI=1S/C9H7FO4S/c1-15-4-2-5(8(11)12)7(10)6(3-4)9(13)14/h2-3H,1H3,(H,11,12)(H,13,14). The van der Waals surface area contributed by atoms with Gasteiger partial charge < -0.3 is 10.2 Å². The smallest absolute Gasteiger partial charge is 0.338 e. The van der Waals surface area contributed by atoms with Crippen molar-refractivity contribution in [3.8, 4) is 0 Å². The summed E-state index contributed by atoms with van der Waals surface area (Å²) in [6, 6.07) is 2.21. The molecule has 1 aromatic rings. The van der Waals surface area contributed by atoms with Gasteiger partial charge in [-0.15, -0.1) is 11.8 Å². The fourth-order valence-electron chi connectivity index (χ4n) is 1.03. The third-order valence-electron chi connectivity index (χ3n) is 1.74. The lowest BCUT2D eigenvalue weighted by Crippen LogP contribution is -2.08. The minimum absolute atomic E-state index is 0.395. The summed E-state index contributed by atoms with van der Waals surface area (Å²) in [5, 5.41) is 17.3. The van der Waals surface area contributed by atoms with Crippen molar-refractivity contribution < 1.29 is 24.2 Å². The summed E-state index contributed by atoms with van der Waals surface area (Å²) >= 11 is 1.15. The van der Waals surface area contributed by atoms with Gasteiger partial charge in [-0.2, -0.15) is 0 Å². The molecule has 0 aromatic heterocycles. The van der Waals surface area contributed by atoms with E-state index in [1.54, 1.807) is 6.26 Å². The molecule has 2 N–H and O–H groups in total. The highest BCUT2D eigenvalue weighted by atomic mass is 32.2. The summed E-state index contributed by atoms with van der Waals surface area (Å²) in [7, 11) is 0. The molecule has 0 fully saturated rings. The Morgan fingerprint density at radius 2 is 1.60 bits per heavy atom. The van der Waals surface area contributed by atoms with Crippen LogP contribution in [0.5, 0.6) is 0 Å². The summed E-state index contributed by atoms with van der Waals surface area (Å²) in [5.74, 6) is -4.18. The minimum Gasteiger partial charge on any atom is -0.478 e. The second kappa shape index (κ2) is 4.31. The Morgan fingerprint density at radius 3 is 1.87 bits per heavy atom. The van der Waals surface area contributed by atoms with E-state index < -0.39 is 28.9 Å². The fraction of sp³-hybridized carbons (Fsp3) is 0.111. The normalized spacial score (nSPS) is 10.0. The number of carbonyl (C=O) groups is 2. The molecule has 0 aliphatic heterocycles. The number of benzene rings is 1. The maximum atomic E-state index is 13.3. The van der Waals surface area contributed by atoms with E-state index in [2.05, 4.69) is 0 Å². The van der Waals surface area contributed by atoms with Crippen LogP contribution in [0.4, 0.5) is 4.39 Å². The summed E-state index contributed by atoms with van der Waals surface area (Å²) in [6.45, 7) is 0. The molecule has 0 saturated heterocycles. The number of aromatic carboxylic acids is 2. The van der Waals surface area contributed by atoms with Crippen LogP contribution in [0, 0.1) is 5.82 Å². The average Bonchev–Trinajstić information content (AvgIpc) is 2.17. The van der Waals surface area contributed by atoms with Crippen molar-refractivity contribution in [1.82, 2.24) is 0 Å². The van der Waals surface area contributed by atoms with Crippen molar-refractivity contribution in [3.05, 3.63) is 29.1 Å². The number of halogens is 1. The van der Waals surface area contributed by atoms with E-state index in [0.29, 0.717) is 4.90 Å². The van der Waals surface area contributed by atoms with Gasteiger partial charge in [-0.25, -0.2) is 14.0 Å². The van der Waals surface area contributed by atoms with Crippen LogP contribution < -0.4 is 0 Å². The number of carboxylic acid groups (broad SMARTS) is 2. The molecule has 0 spiro atoms. The van der Waals surface area contributed by atoms with Crippen LogP contribution in [-0.4, -0.2) is 28.4 Å². The molecule has 0 heterocycles. The summed E-state index contributed by atoms with van der Waals surface area (Å²) in [5.41, 5.74) is -1.25. The highest BCUT2D eigenvalue weighted by Crippen LogP contribution is 2.22. The molecule has 1 aromatic carbocycles. The molecule has 0 atom stereocenters. The molecule has 6 heteroatoms. The van der Waals surface area contributed by atoms with E-state index in [9.17, 15) is 14.0 Å². The predicted octanol–water partition coefficient (Wildman–Crippen LogP) is 1.94. The summed E-state index contributed by atoms with van der Waals surface area (Å²) in [6.07, 6.45) is 1.64. The second-order valence-electron chi connectivity index (χ2n) is 2.65. The zero-order valence-electron chi connectivity index (χ0n) is 7.65. The molecular weight excluding hydrogens is 223 g/mol. The van der Waals surface area contributed by atoms with Gasteiger partial charge in [-0.1, -0.05) is 0 Å². The second-order valence-corrected chi connectivity index (χ2v) is 3.53. The van der Waals surface area contributed by atoms with Crippen molar-refractivity contribution in [2.75, 3.05) is 6.26 Å². The lowest BCUT2D eigenvalue weighted by Gasteiger charge is -2.04. The quantitative estimate of drug-likeness (QED) is 0.776. The third kappa shape index (κ3) is 2.27. The van der Waals surface area contributed by atoms with Crippen LogP contribution in [0.1, 0.15) is 20.7 Å². The van der Waals surface area contributed by atoms with E-state index in [4.69, 9.17) is 10.2 Å². The van der Waals surface area contributed by atoms with Crippen LogP contribution in [0.15, 0.2) is 17.0 Å². The summed E-state index contributed by atoms with van der Waals surface area (Å²) in [4.78, 5) is 21.6. The Morgan fingerprint density at radius 1 is 1.20 bits per heavy atom. The Labute approximate surface area is 88.7 Å². The highest BCUT2D eigenvalue weighted by molar-refractivity contribution is 7.98. The van der Waals surface area contributed by atoms with E-state index >= 15 is 0 Å². The Hall–Kier alpha value is -1.56. The van der Waals surface area contributed by atoms with Crippen molar-refractivity contribution in [3.63, 3.8) is 0 Å². The number of hydrogen-bond acceptors (Lipinski definition) is 3. The van der Waals surface area contributed by atoms with Crippen LogP contribution in [0.3, 0.4) is 0 Å². The zero-order valence-corrected chi connectivity index (χ0v) is 8.47. The summed E-state index contributed by atoms with van der Waals surface area (Å²) < 4.78 is 13.3. The number of rotatable bonds is 3. The molecule has 15 heavy (non-hydrogen) atoms. The molecule has 0 saturated carbocycles. The van der Waals surface area contributed by atoms with E-state index in [1.807, 2.05) is 0 Å². The maximum Gasteiger partial charge on any atom is 0.338 e. The molecule has 0 unspecified atom stereocenters. The first kappa shape index (κ1) is 11.5. The van der Waals surface area contributed by atoms with Gasteiger partial charge in [0.1, 0.15) is 0 Å². The minimum atomic E-state index is -1.48. The lowest BCUT2D eigenvalue weighted by atomic mass is 10.1. The van der Waals surface area contributed by atoms with Crippen molar-refractivity contribution in [2.24, 2.45) is 0 Å². The largest absolute Gasteiger partial charge is 0.478 e. The van der Waals surface area contributed by atoms with Gasteiger partial charge in [0.2, 0.25) is 0 Å². The first-order valence-electron chi connectivity index (χ1n) is 3.81. The predicted molar refractivity (Wildman–Crippen MR) is 52.1 cm³/mol. The van der Waals surface area contributed by atoms with E-state index in [-0.39, 0.29) is 0 Å². The molecule has 0 amide bonds. The topological polar surface area (TPSA) is 74.6 Å². The lowest BCUT2D eigenvalue weighted by molar-refractivity contribution is 0.0687. The van der Waals surface area contributed by atoms with Crippen LogP contribution >= 0.6 is 11.8 Å². The first-order valence-corrected chi connectivity index (χ1v) is 5.04. The molecular formula is C9H7FO4S. The van der Waals surface area contributed by atoms with E-state index in [0.717, 1.165) is 23.9 Å². The number of carboxylic acids is 2. The molecule has 4 nitrogen and oxygen atoms in total. The number of hydrogen-bond donors (Lipinski definition) is 2. The van der Waals surface area contributed by atoms with Crippen molar-refractivity contribution in [2.45, 2.75) is 4.90 Å². The monoisotopic (exact) mass is 230 g/mol. The fourth-order valence-corrected chi connectivity index (χ4v) is 1.50. The number of thioether (sulfide) groups is 1. The van der Waals surface area contributed by atoms with Gasteiger partial charge >= 0.3 is 11.9 Å². The first-order chi connectivity index (χ1) is 6.97. The van der Waals surface area contributed by atoms with Gasteiger partial charge in [-0.3, -0.25) is 0 Å². The molecule has 80 valence electrons. The average molecular weight is 230 g/mol. The Kier molecular flexibility index (Phi) is 3.31. The highest BCUT2D eigenvalue weighted by Gasteiger charge is 2.19. The van der Waals surface area contributed by atoms with Gasteiger partial charge in [0.25, 0.3) is 0 Å². The van der Waals surface area contributed by atoms with Crippen molar-refractivity contribution in [1.29, 1.82) is 0 Å². The Balaban J connectivity index is 3.47. The van der Waals surface area contributed by atoms with Gasteiger partial charge in [0.15, 0.2) is 5.82 Å². The van der Waals surface area contributed by atoms with Crippen molar-refractivity contribution >= 4 is 23.7 Å². The van der Waals surface area contributed by atoms with Crippen LogP contribution in [-0.2, 0) is 0 Å². The van der Waals surface area contributed by atoms with E-state index in [1.165, 1.54) is 0 Å². The SMILES string of the molecule is CSc1cc(C(=O)O)c(F)c(C(=O)O)c1. The van der Waals surface area contributed by atoms with Gasteiger partial charge in [0, 0.05) is 4.90 Å². The Bertz CT molecular complexity index is 395. The van der Waals surface area contributed by atoms with Gasteiger partial charge in [-0.05, 0) is 18.4 Å². The van der Waals surface area contributed by atoms with Crippen LogP contribution in [0.25, 0.3) is 0 Å². The third-order valence-corrected chi connectivity index (χ3v) is 2.45. The van der Waals surface area contributed by atoms with Gasteiger partial charge in [0.05, 0.1) is 11.1 Å². The zero-order chi connectivity index (χ0) is 11.6. The molecule has 0 bridgehead atoms. The molecule has 0 radical (unpaired) electrons. The molecule has 1 rings (SSSR count). The maximum absolute atomic E-state index is 13.3. The molecule has 0 aliphatic rings. The molecule has 0 aliphatic carbocycles.